The summed E-state index contributed by atoms with van der Waals surface area (Å²) in [7, 11) is 1.74. The van der Waals surface area contributed by atoms with Gasteiger partial charge in [0.05, 0.1) is 19.8 Å². The maximum Gasteiger partial charge on any atom is 0.490 e. The Balaban J connectivity index is 0.000000406. The van der Waals surface area contributed by atoms with Crippen molar-refractivity contribution in [3.8, 4) is 0 Å². The lowest BCUT2D eigenvalue weighted by Crippen LogP contribution is -2.52. The van der Waals surface area contributed by atoms with Crippen molar-refractivity contribution in [3.05, 3.63) is 36.0 Å². The van der Waals surface area contributed by atoms with Crippen molar-refractivity contribution < 1.29 is 37.3 Å². The molecule has 2 aliphatic rings. The molecule has 1 atom stereocenters. The fourth-order valence-electron chi connectivity index (χ4n) is 4.48. The molecule has 34 heavy (non-hydrogen) atoms. The summed E-state index contributed by atoms with van der Waals surface area (Å²) in [5.41, 5.74) is 1.79. The van der Waals surface area contributed by atoms with Crippen LogP contribution in [-0.2, 0) is 14.3 Å². The van der Waals surface area contributed by atoms with Crippen molar-refractivity contribution in [2.24, 2.45) is 5.41 Å². The quantitative estimate of drug-likeness (QED) is 0.692. The normalized spacial score (nSPS) is 21.7. The highest BCUT2D eigenvalue weighted by atomic mass is 19.4. The molecular formula is C23H30F3N3O5. The van der Waals surface area contributed by atoms with Gasteiger partial charge in [0.25, 0.3) is 5.91 Å². The SMILES string of the molecule is COCCN1CCOCC2(CCCN(C(=O)c3ccc4cc[nH]c4c3)C2)C1.O=C(O)C(F)(F)F. The molecule has 1 amide bonds. The van der Waals surface area contributed by atoms with Crippen LogP contribution in [0.1, 0.15) is 23.2 Å². The van der Waals surface area contributed by atoms with Gasteiger partial charge in [-0.3, -0.25) is 9.69 Å². The molecule has 1 aromatic carbocycles. The number of nitrogens with one attached hydrogen (secondary N) is 1. The van der Waals surface area contributed by atoms with Crippen molar-refractivity contribution in [1.29, 1.82) is 0 Å². The van der Waals surface area contributed by atoms with E-state index in [1.807, 2.05) is 35.4 Å². The van der Waals surface area contributed by atoms with Gasteiger partial charge in [0.2, 0.25) is 0 Å². The number of H-pyrrole nitrogens is 1. The maximum atomic E-state index is 13.2. The number of likely N-dealkylation sites (tertiary alicyclic amines) is 1. The number of hydrogen-bond donors (Lipinski definition) is 2. The molecule has 1 spiro atoms. The molecule has 1 aromatic heterocycles. The Bertz CT molecular complexity index is 980. The van der Waals surface area contributed by atoms with Crippen LogP contribution in [0.25, 0.3) is 10.9 Å². The highest BCUT2D eigenvalue weighted by molar-refractivity contribution is 5.98. The van der Waals surface area contributed by atoms with Crippen LogP contribution in [0, 0.1) is 5.41 Å². The predicted octanol–water partition coefficient (Wildman–Crippen LogP) is 3.00. The van der Waals surface area contributed by atoms with Gasteiger partial charge in [-0.05, 0) is 36.4 Å². The third kappa shape index (κ3) is 6.71. The number of aromatic amines is 1. The van der Waals surface area contributed by atoms with Crippen molar-refractivity contribution in [1.82, 2.24) is 14.8 Å². The van der Waals surface area contributed by atoms with Gasteiger partial charge in [-0.2, -0.15) is 13.2 Å². The average Bonchev–Trinajstić information content (AvgIpc) is 3.19. The zero-order chi connectivity index (χ0) is 24.8. The number of carbonyl (C=O) groups is 2. The summed E-state index contributed by atoms with van der Waals surface area (Å²) >= 11 is 0. The number of carboxylic acids is 1. The zero-order valence-corrected chi connectivity index (χ0v) is 19.1. The summed E-state index contributed by atoms with van der Waals surface area (Å²) in [5, 5.41) is 8.26. The molecule has 4 rings (SSSR count). The van der Waals surface area contributed by atoms with Crippen LogP contribution in [0.4, 0.5) is 13.2 Å². The molecule has 0 aliphatic carbocycles. The van der Waals surface area contributed by atoms with E-state index < -0.39 is 12.1 Å². The van der Waals surface area contributed by atoms with Crippen molar-refractivity contribution in [2.45, 2.75) is 19.0 Å². The van der Waals surface area contributed by atoms with Crippen molar-refractivity contribution in [2.75, 3.05) is 59.7 Å². The molecule has 0 bridgehead atoms. The number of hydrogen-bond acceptors (Lipinski definition) is 5. The van der Waals surface area contributed by atoms with Gasteiger partial charge in [-0.25, -0.2) is 4.79 Å². The minimum atomic E-state index is -5.08. The second-order valence-electron chi connectivity index (χ2n) is 8.73. The molecule has 188 valence electrons. The van der Waals surface area contributed by atoms with Gasteiger partial charge < -0.3 is 24.5 Å². The van der Waals surface area contributed by atoms with E-state index in [1.165, 1.54) is 0 Å². The van der Waals surface area contributed by atoms with Gasteiger partial charge in [0.1, 0.15) is 0 Å². The molecule has 8 nitrogen and oxygen atoms in total. The molecular weight excluding hydrogens is 455 g/mol. The van der Waals surface area contributed by atoms with E-state index in [-0.39, 0.29) is 11.3 Å². The van der Waals surface area contributed by atoms with Crippen molar-refractivity contribution in [3.63, 3.8) is 0 Å². The van der Waals surface area contributed by atoms with E-state index in [0.717, 1.165) is 81.9 Å². The third-order valence-corrected chi connectivity index (χ3v) is 6.12. The standard InChI is InChI=1S/C21H29N3O3.C2HF3O2/c1-26-11-9-23-10-12-27-16-21(14-23)6-2-8-24(15-21)20(25)18-4-3-17-5-7-22-19(17)13-18;3-2(4,5)1(6)7/h3-5,7,13,22H,2,6,8-12,14-16H2,1H3;(H,6,7). The number of fused-ring (bicyclic) bond motifs is 1. The summed E-state index contributed by atoms with van der Waals surface area (Å²) in [6.45, 7) is 6.62. The zero-order valence-electron chi connectivity index (χ0n) is 19.1. The molecule has 0 saturated carbocycles. The fraction of sp³-hybridized carbons (Fsp3) is 0.565. The van der Waals surface area contributed by atoms with Crippen LogP contribution in [0.2, 0.25) is 0 Å². The second kappa shape index (κ2) is 11.2. The van der Waals surface area contributed by atoms with Gasteiger partial charge >= 0.3 is 12.1 Å². The number of ether oxygens (including phenoxy) is 2. The van der Waals surface area contributed by atoms with E-state index in [1.54, 1.807) is 7.11 Å². The first-order chi connectivity index (χ1) is 16.1. The van der Waals surface area contributed by atoms with E-state index >= 15 is 0 Å². The van der Waals surface area contributed by atoms with Gasteiger partial charge in [-0.1, -0.05) is 6.07 Å². The lowest BCUT2D eigenvalue weighted by Gasteiger charge is -2.43. The predicted molar refractivity (Wildman–Crippen MR) is 119 cm³/mol. The number of benzene rings is 1. The van der Waals surface area contributed by atoms with Crippen LogP contribution in [0.5, 0.6) is 0 Å². The number of rotatable bonds is 4. The number of nitrogens with zero attached hydrogens (tertiary/aromatic N) is 2. The molecule has 0 radical (unpaired) electrons. The molecule has 3 heterocycles. The molecule has 1 unspecified atom stereocenters. The average molecular weight is 486 g/mol. The number of aromatic nitrogens is 1. The number of methoxy groups -OCH3 is 1. The summed E-state index contributed by atoms with van der Waals surface area (Å²) in [4.78, 5) is 29.7. The Morgan fingerprint density at radius 2 is 2.00 bits per heavy atom. The Labute approximate surface area is 195 Å². The topological polar surface area (TPSA) is 95.1 Å². The number of amides is 1. The lowest BCUT2D eigenvalue weighted by atomic mass is 9.80. The van der Waals surface area contributed by atoms with Crippen LogP contribution in [0.15, 0.2) is 30.5 Å². The lowest BCUT2D eigenvalue weighted by molar-refractivity contribution is -0.192. The number of halogens is 3. The van der Waals surface area contributed by atoms with E-state index in [0.29, 0.717) is 0 Å². The second-order valence-corrected chi connectivity index (χ2v) is 8.73. The first-order valence-corrected chi connectivity index (χ1v) is 11.1. The van der Waals surface area contributed by atoms with E-state index in [9.17, 15) is 18.0 Å². The minimum Gasteiger partial charge on any atom is -0.475 e. The Morgan fingerprint density at radius 1 is 1.24 bits per heavy atom. The number of carboxylic acid groups (broad SMARTS) is 1. The number of alkyl halides is 3. The van der Waals surface area contributed by atoms with Crippen LogP contribution >= 0.6 is 0 Å². The minimum absolute atomic E-state index is 0.0225. The van der Waals surface area contributed by atoms with Gasteiger partial charge in [0.15, 0.2) is 0 Å². The fourth-order valence-corrected chi connectivity index (χ4v) is 4.48. The maximum absolute atomic E-state index is 13.2. The molecule has 2 aromatic rings. The highest BCUT2D eigenvalue weighted by Gasteiger charge is 2.40. The van der Waals surface area contributed by atoms with Gasteiger partial charge in [-0.15, -0.1) is 0 Å². The van der Waals surface area contributed by atoms with E-state index in [4.69, 9.17) is 19.4 Å². The van der Waals surface area contributed by atoms with Crippen LogP contribution in [-0.4, -0.2) is 97.6 Å². The summed E-state index contributed by atoms with van der Waals surface area (Å²) in [6.07, 6.45) is -1.04. The molecule has 2 N–H and O–H groups in total. The molecule has 11 heteroatoms. The van der Waals surface area contributed by atoms with Crippen LogP contribution < -0.4 is 0 Å². The highest BCUT2D eigenvalue weighted by Crippen LogP contribution is 2.33. The molecule has 2 aliphatic heterocycles. The van der Waals surface area contributed by atoms with Gasteiger partial charge in [0, 0.05) is 62.5 Å². The van der Waals surface area contributed by atoms with E-state index in [2.05, 4.69) is 9.88 Å². The first-order valence-electron chi connectivity index (χ1n) is 11.1. The third-order valence-electron chi connectivity index (χ3n) is 6.12. The molecule has 2 saturated heterocycles. The van der Waals surface area contributed by atoms with Crippen LogP contribution in [0.3, 0.4) is 0 Å². The Morgan fingerprint density at radius 3 is 2.71 bits per heavy atom. The monoisotopic (exact) mass is 485 g/mol. The first kappa shape index (κ1) is 26.0. The Hall–Kier alpha value is -2.63. The summed E-state index contributed by atoms with van der Waals surface area (Å²) in [5.74, 6) is -2.63. The number of carbonyl (C=O) groups excluding carboxylic acids is 1. The summed E-state index contributed by atoms with van der Waals surface area (Å²) < 4.78 is 42.9. The molecule has 2 fully saturated rings. The Kier molecular flexibility index (Phi) is 8.56. The largest absolute Gasteiger partial charge is 0.490 e. The summed E-state index contributed by atoms with van der Waals surface area (Å²) in [6, 6.07) is 7.94. The van der Waals surface area contributed by atoms with Crippen molar-refractivity contribution >= 4 is 22.8 Å². The number of aliphatic carboxylic acids is 1. The number of piperidine rings is 1. The smallest absolute Gasteiger partial charge is 0.475 e.